The summed E-state index contributed by atoms with van der Waals surface area (Å²) in [6, 6.07) is 9.33. The van der Waals surface area contributed by atoms with Crippen LogP contribution in [0.5, 0.6) is 11.5 Å². The molecule has 0 fully saturated rings. The number of phenolic OH excluding ortho intramolecular Hbond substituents is 1. The number of benzene rings is 1. The average Bonchev–Trinajstić information content (AvgIpc) is 3.06. The summed E-state index contributed by atoms with van der Waals surface area (Å²) in [6.45, 7) is 4.97. The van der Waals surface area contributed by atoms with Gasteiger partial charge in [0.1, 0.15) is 0 Å². The normalized spacial score (nSPS) is 10.8. The van der Waals surface area contributed by atoms with Gasteiger partial charge in [-0.3, -0.25) is 0 Å². The Morgan fingerprint density at radius 2 is 2.00 bits per heavy atom. The maximum absolute atomic E-state index is 9.80. The fourth-order valence-corrected chi connectivity index (χ4v) is 2.17. The molecule has 0 amide bonds. The number of rotatable bonds is 7. The van der Waals surface area contributed by atoms with Crippen molar-refractivity contribution in [2.24, 2.45) is 4.99 Å². The third-order valence-electron chi connectivity index (χ3n) is 3.34. The number of aromatic hydroxyl groups is 1. The van der Waals surface area contributed by atoms with Crippen LogP contribution in [0, 0.1) is 0 Å². The van der Waals surface area contributed by atoms with Gasteiger partial charge in [0.2, 0.25) is 0 Å². The van der Waals surface area contributed by atoms with Gasteiger partial charge < -0.3 is 25.0 Å². The van der Waals surface area contributed by atoms with Crippen LogP contribution in [-0.4, -0.2) is 35.8 Å². The van der Waals surface area contributed by atoms with Gasteiger partial charge in [0.25, 0.3) is 0 Å². The lowest BCUT2D eigenvalue weighted by Crippen LogP contribution is -2.38. The van der Waals surface area contributed by atoms with Gasteiger partial charge in [-0.1, -0.05) is 6.07 Å². The summed E-state index contributed by atoms with van der Waals surface area (Å²) in [7, 11) is 1.53. The van der Waals surface area contributed by atoms with Crippen molar-refractivity contribution >= 4 is 29.9 Å². The van der Waals surface area contributed by atoms with Crippen molar-refractivity contribution in [3.63, 3.8) is 0 Å². The molecule has 1 heterocycles. The highest BCUT2D eigenvalue weighted by atomic mass is 127. The van der Waals surface area contributed by atoms with E-state index in [0.29, 0.717) is 12.3 Å². The van der Waals surface area contributed by atoms with Crippen LogP contribution in [0.4, 0.5) is 0 Å². The predicted molar refractivity (Wildman–Crippen MR) is 107 cm³/mol. The van der Waals surface area contributed by atoms with E-state index in [1.807, 2.05) is 37.5 Å². The molecule has 0 saturated heterocycles. The third kappa shape index (κ3) is 6.31. The fraction of sp³-hybridized carbons (Fsp3) is 0.353. The Labute approximate surface area is 160 Å². The summed E-state index contributed by atoms with van der Waals surface area (Å²) in [4.78, 5) is 4.53. The SMILES string of the molecule is CCNC(=NCc1ccc(OC)c(O)c1)NCCn1cccc1.I. The van der Waals surface area contributed by atoms with Crippen LogP contribution in [0.25, 0.3) is 0 Å². The standard InChI is InChI=1S/C17H24N4O2.HI/c1-3-18-17(19-8-11-21-9-4-5-10-21)20-13-14-6-7-16(23-2)15(22)12-14;/h4-7,9-10,12,22H,3,8,11,13H2,1-2H3,(H2,18,19,20);1H. The third-order valence-corrected chi connectivity index (χ3v) is 3.34. The molecule has 0 aliphatic carbocycles. The molecule has 0 atom stereocenters. The molecule has 0 spiro atoms. The monoisotopic (exact) mass is 444 g/mol. The topological polar surface area (TPSA) is 70.8 Å². The number of guanidine groups is 1. The molecule has 1 aromatic heterocycles. The van der Waals surface area contributed by atoms with E-state index in [1.165, 1.54) is 7.11 Å². The summed E-state index contributed by atoms with van der Waals surface area (Å²) in [5.74, 6) is 1.36. The first-order valence-corrected chi connectivity index (χ1v) is 7.71. The molecular weight excluding hydrogens is 419 g/mol. The number of phenols is 1. The minimum Gasteiger partial charge on any atom is -0.504 e. The number of aliphatic imine (C=N–C) groups is 1. The fourth-order valence-electron chi connectivity index (χ4n) is 2.17. The molecule has 0 aliphatic rings. The number of hydrogen-bond acceptors (Lipinski definition) is 3. The molecule has 2 aromatic rings. The average molecular weight is 444 g/mol. The van der Waals surface area contributed by atoms with Gasteiger partial charge in [-0.2, -0.15) is 0 Å². The van der Waals surface area contributed by atoms with E-state index >= 15 is 0 Å². The van der Waals surface area contributed by atoms with E-state index in [9.17, 15) is 5.11 Å². The number of ether oxygens (including phenoxy) is 1. The lowest BCUT2D eigenvalue weighted by molar-refractivity contribution is 0.373. The van der Waals surface area contributed by atoms with Crippen molar-refractivity contribution in [2.75, 3.05) is 20.2 Å². The molecule has 7 heteroatoms. The number of aromatic nitrogens is 1. The maximum Gasteiger partial charge on any atom is 0.191 e. The van der Waals surface area contributed by atoms with Crippen molar-refractivity contribution in [1.29, 1.82) is 0 Å². The summed E-state index contributed by atoms with van der Waals surface area (Å²) in [6.07, 6.45) is 4.07. The highest BCUT2D eigenvalue weighted by molar-refractivity contribution is 14.0. The highest BCUT2D eigenvalue weighted by Crippen LogP contribution is 2.26. The van der Waals surface area contributed by atoms with Gasteiger partial charge in [-0.05, 0) is 36.8 Å². The second-order valence-corrected chi connectivity index (χ2v) is 5.05. The number of nitrogens with one attached hydrogen (secondary N) is 2. The van der Waals surface area contributed by atoms with Gasteiger partial charge in [-0.15, -0.1) is 24.0 Å². The van der Waals surface area contributed by atoms with Crippen LogP contribution in [0.3, 0.4) is 0 Å². The van der Waals surface area contributed by atoms with E-state index in [4.69, 9.17) is 4.74 Å². The second-order valence-electron chi connectivity index (χ2n) is 5.05. The van der Waals surface area contributed by atoms with E-state index in [-0.39, 0.29) is 29.7 Å². The summed E-state index contributed by atoms with van der Waals surface area (Å²) < 4.78 is 7.15. The van der Waals surface area contributed by atoms with Crippen molar-refractivity contribution in [1.82, 2.24) is 15.2 Å². The quantitative estimate of drug-likeness (QED) is 0.349. The maximum atomic E-state index is 9.80. The number of nitrogens with zero attached hydrogens (tertiary/aromatic N) is 2. The van der Waals surface area contributed by atoms with Crippen LogP contribution >= 0.6 is 24.0 Å². The Kier molecular flexibility index (Phi) is 9.06. The molecular formula is C17H25IN4O2. The van der Waals surface area contributed by atoms with Gasteiger partial charge in [-0.25, -0.2) is 4.99 Å². The van der Waals surface area contributed by atoms with Crippen molar-refractivity contribution in [3.05, 3.63) is 48.3 Å². The number of methoxy groups -OCH3 is 1. The van der Waals surface area contributed by atoms with E-state index in [0.717, 1.165) is 31.2 Å². The first-order valence-electron chi connectivity index (χ1n) is 7.71. The molecule has 0 saturated carbocycles. The first kappa shape index (κ1) is 20.1. The van der Waals surface area contributed by atoms with Crippen molar-refractivity contribution in [2.45, 2.75) is 20.0 Å². The lowest BCUT2D eigenvalue weighted by Gasteiger charge is -2.12. The molecule has 0 bridgehead atoms. The van der Waals surface area contributed by atoms with Crippen LogP contribution in [0.15, 0.2) is 47.7 Å². The number of hydrogen-bond donors (Lipinski definition) is 3. The van der Waals surface area contributed by atoms with Gasteiger partial charge in [0.15, 0.2) is 17.5 Å². The molecule has 6 nitrogen and oxygen atoms in total. The largest absolute Gasteiger partial charge is 0.504 e. The highest BCUT2D eigenvalue weighted by Gasteiger charge is 2.03. The molecule has 0 radical (unpaired) electrons. The smallest absolute Gasteiger partial charge is 0.191 e. The Bertz CT molecular complexity index is 630. The molecule has 0 unspecified atom stereocenters. The minimum atomic E-state index is 0. The van der Waals surface area contributed by atoms with Crippen LogP contribution < -0.4 is 15.4 Å². The summed E-state index contributed by atoms with van der Waals surface area (Å²) in [5.41, 5.74) is 0.922. The molecule has 0 aliphatic heterocycles. The zero-order valence-electron chi connectivity index (χ0n) is 14.0. The van der Waals surface area contributed by atoms with E-state index in [1.54, 1.807) is 12.1 Å². The Morgan fingerprint density at radius 3 is 2.62 bits per heavy atom. The van der Waals surface area contributed by atoms with E-state index < -0.39 is 0 Å². The predicted octanol–water partition coefficient (Wildman–Crippen LogP) is 2.58. The molecule has 2 rings (SSSR count). The molecule has 132 valence electrons. The van der Waals surface area contributed by atoms with Gasteiger partial charge >= 0.3 is 0 Å². The number of halogens is 1. The lowest BCUT2D eigenvalue weighted by atomic mass is 10.2. The Hall–Kier alpha value is -1.90. The summed E-state index contributed by atoms with van der Waals surface area (Å²) in [5, 5.41) is 16.3. The second kappa shape index (κ2) is 10.8. The molecule has 3 N–H and O–H groups in total. The van der Waals surface area contributed by atoms with Crippen LogP contribution in [-0.2, 0) is 13.1 Å². The van der Waals surface area contributed by atoms with Gasteiger partial charge in [0.05, 0.1) is 13.7 Å². The van der Waals surface area contributed by atoms with Crippen molar-refractivity contribution in [3.8, 4) is 11.5 Å². The molecule has 1 aromatic carbocycles. The van der Waals surface area contributed by atoms with E-state index in [2.05, 4.69) is 20.2 Å². The van der Waals surface area contributed by atoms with Crippen molar-refractivity contribution < 1.29 is 9.84 Å². The zero-order chi connectivity index (χ0) is 16.5. The Morgan fingerprint density at radius 1 is 1.25 bits per heavy atom. The Balaban J connectivity index is 0.00000288. The first-order chi connectivity index (χ1) is 11.2. The minimum absolute atomic E-state index is 0. The van der Waals surface area contributed by atoms with Crippen LogP contribution in [0.2, 0.25) is 0 Å². The van der Waals surface area contributed by atoms with Gasteiger partial charge in [0, 0.05) is 32.0 Å². The van der Waals surface area contributed by atoms with Crippen LogP contribution in [0.1, 0.15) is 12.5 Å². The summed E-state index contributed by atoms with van der Waals surface area (Å²) >= 11 is 0. The zero-order valence-corrected chi connectivity index (χ0v) is 16.4. The molecule has 24 heavy (non-hydrogen) atoms.